The number of carbonyl (C=O) groups is 1. The first-order chi connectivity index (χ1) is 12.9. The maximum Gasteiger partial charge on any atom is 0.261 e. The molecule has 1 unspecified atom stereocenters. The number of hydrogen-bond donors (Lipinski definition) is 2. The van der Waals surface area contributed by atoms with Crippen molar-refractivity contribution in [3.05, 3.63) is 59.9 Å². The third kappa shape index (κ3) is 5.01. The van der Waals surface area contributed by atoms with Crippen molar-refractivity contribution in [3.63, 3.8) is 0 Å². The van der Waals surface area contributed by atoms with Crippen molar-refractivity contribution in [2.24, 2.45) is 0 Å². The van der Waals surface area contributed by atoms with Gasteiger partial charge >= 0.3 is 0 Å². The Kier molecular flexibility index (Phi) is 7.40. The van der Waals surface area contributed by atoms with Crippen LogP contribution in [0.1, 0.15) is 23.2 Å². The molecular weight excluding hydrogens is 405 g/mol. The summed E-state index contributed by atoms with van der Waals surface area (Å²) in [5.41, 5.74) is 0.585. The quantitative estimate of drug-likeness (QED) is 0.743. The molecule has 1 aliphatic heterocycles. The van der Waals surface area contributed by atoms with Crippen LogP contribution in [0.5, 0.6) is 0 Å². The number of likely N-dealkylation sites (N-methyl/N-ethyl adjacent to an activating group) is 1. The van der Waals surface area contributed by atoms with Crippen LogP contribution in [0.2, 0.25) is 0 Å². The fraction of sp³-hybridized carbons (Fsp3) is 0.316. The van der Waals surface area contributed by atoms with Crippen LogP contribution in [-0.2, 0) is 10.0 Å². The van der Waals surface area contributed by atoms with Gasteiger partial charge in [-0.2, -0.15) is 0 Å². The molecule has 1 amide bonds. The Hall–Kier alpha value is -2.16. The smallest absolute Gasteiger partial charge is 0.261 e. The van der Waals surface area contributed by atoms with E-state index in [0.29, 0.717) is 18.7 Å². The SMILES string of the molecule is CNCC1CCCN1C(=O)c1cccc(S(=O)(=O)Nc2ccc(F)cc2)c1.Cl. The van der Waals surface area contributed by atoms with E-state index in [9.17, 15) is 17.6 Å². The molecule has 0 spiro atoms. The Labute approximate surface area is 170 Å². The molecule has 6 nitrogen and oxygen atoms in total. The first kappa shape index (κ1) is 22.1. The lowest BCUT2D eigenvalue weighted by Crippen LogP contribution is -2.40. The lowest BCUT2D eigenvalue weighted by Gasteiger charge is -2.24. The monoisotopic (exact) mass is 427 g/mol. The lowest BCUT2D eigenvalue weighted by molar-refractivity contribution is 0.0737. The number of rotatable bonds is 6. The number of benzene rings is 2. The molecule has 28 heavy (non-hydrogen) atoms. The number of likely N-dealkylation sites (tertiary alicyclic amines) is 1. The van der Waals surface area contributed by atoms with E-state index in [-0.39, 0.29) is 34.9 Å². The van der Waals surface area contributed by atoms with Gasteiger partial charge in [0.25, 0.3) is 15.9 Å². The highest BCUT2D eigenvalue weighted by Crippen LogP contribution is 2.22. The standard InChI is InChI=1S/C19H22FN3O3S.ClH/c1-21-13-17-5-3-11-23(17)19(24)14-4-2-6-18(12-14)27(25,26)22-16-9-7-15(20)8-10-16;/h2,4,6-10,12,17,21-22H,3,5,11,13H2,1H3;1H. The Morgan fingerprint density at radius 2 is 1.93 bits per heavy atom. The molecule has 9 heteroatoms. The van der Waals surface area contributed by atoms with E-state index >= 15 is 0 Å². The minimum atomic E-state index is -3.89. The van der Waals surface area contributed by atoms with Crippen LogP contribution in [0.3, 0.4) is 0 Å². The van der Waals surface area contributed by atoms with Crippen molar-refractivity contribution < 1.29 is 17.6 Å². The van der Waals surface area contributed by atoms with Gasteiger partial charge in [-0.15, -0.1) is 12.4 Å². The largest absolute Gasteiger partial charge is 0.334 e. The van der Waals surface area contributed by atoms with E-state index in [1.165, 1.54) is 36.4 Å². The van der Waals surface area contributed by atoms with Crippen molar-refractivity contribution in [1.29, 1.82) is 0 Å². The lowest BCUT2D eigenvalue weighted by atomic mass is 10.1. The van der Waals surface area contributed by atoms with E-state index in [1.807, 2.05) is 7.05 Å². The summed E-state index contributed by atoms with van der Waals surface area (Å²) in [7, 11) is -2.04. The van der Waals surface area contributed by atoms with Crippen molar-refractivity contribution in [2.45, 2.75) is 23.8 Å². The average molecular weight is 428 g/mol. The van der Waals surface area contributed by atoms with Gasteiger partial charge in [-0.05, 0) is 62.4 Å². The number of sulfonamides is 1. The maximum atomic E-state index is 13.0. The van der Waals surface area contributed by atoms with Crippen LogP contribution in [0.15, 0.2) is 53.4 Å². The van der Waals surface area contributed by atoms with Crippen molar-refractivity contribution in [2.75, 3.05) is 24.9 Å². The van der Waals surface area contributed by atoms with Gasteiger partial charge in [0.1, 0.15) is 5.82 Å². The first-order valence-corrected chi connectivity index (χ1v) is 10.2. The fourth-order valence-electron chi connectivity index (χ4n) is 3.25. The third-order valence-electron chi connectivity index (χ3n) is 4.57. The predicted octanol–water partition coefficient (Wildman–Crippen LogP) is 2.87. The van der Waals surface area contributed by atoms with Crippen molar-refractivity contribution in [3.8, 4) is 0 Å². The van der Waals surface area contributed by atoms with E-state index < -0.39 is 15.8 Å². The van der Waals surface area contributed by atoms with Crippen LogP contribution < -0.4 is 10.0 Å². The number of halogens is 2. The van der Waals surface area contributed by atoms with Gasteiger partial charge in [-0.3, -0.25) is 9.52 Å². The molecule has 3 rings (SSSR count). The van der Waals surface area contributed by atoms with Gasteiger partial charge in [-0.1, -0.05) is 6.07 Å². The average Bonchev–Trinajstić information content (AvgIpc) is 3.11. The third-order valence-corrected chi connectivity index (χ3v) is 5.94. The molecule has 2 aromatic rings. The molecule has 1 saturated heterocycles. The maximum absolute atomic E-state index is 13.0. The number of hydrogen-bond acceptors (Lipinski definition) is 4. The summed E-state index contributed by atoms with van der Waals surface area (Å²) >= 11 is 0. The van der Waals surface area contributed by atoms with Crippen LogP contribution >= 0.6 is 12.4 Å². The molecule has 0 aromatic heterocycles. The second-order valence-corrected chi connectivity index (χ2v) is 8.17. The number of nitrogens with one attached hydrogen (secondary N) is 2. The summed E-state index contributed by atoms with van der Waals surface area (Å²) < 4.78 is 40.6. The summed E-state index contributed by atoms with van der Waals surface area (Å²) in [6.45, 7) is 1.37. The molecule has 1 atom stereocenters. The van der Waals surface area contributed by atoms with E-state index in [1.54, 1.807) is 17.0 Å². The molecule has 152 valence electrons. The molecule has 2 aromatic carbocycles. The summed E-state index contributed by atoms with van der Waals surface area (Å²) in [4.78, 5) is 14.6. The van der Waals surface area contributed by atoms with Crippen LogP contribution in [-0.4, -0.2) is 45.4 Å². The van der Waals surface area contributed by atoms with E-state index in [2.05, 4.69) is 10.0 Å². The van der Waals surface area contributed by atoms with Gasteiger partial charge in [-0.25, -0.2) is 12.8 Å². The minimum absolute atomic E-state index is 0. The topological polar surface area (TPSA) is 78.5 Å². The molecule has 1 heterocycles. The highest BCUT2D eigenvalue weighted by Gasteiger charge is 2.29. The predicted molar refractivity (Wildman–Crippen MR) is 109 cm³/mol. The zero-order valence-corrected chi connectivity index (χ0v) is 17.0. The Balaban J connectivity index is 0.00000280. The van der Waals surface area contributed by atoms with Crippen LogP contribution in [0, 0.1) is 5.82 Å². The van der Waals surface area contributed by atoms with E-state index in [0.717, 1.165) is 12.8 Å². The molecule has 0 aliphatic carbocycles. The first-order valence-electron chi connectivity index (χ1n) is 8.75. The number of nitrogens with zero attached hydrogens (tertiary/aromatic N) is 1. The van der Waals surface area contributed by atoms with E-state index in [4.69, 9.17) is 0 Å². The van der Waals surface area contributed by atoms with Gasteiger partial charge in [0.15, 0.2) is 0 Å². The highest BCUT2D eigenvalue weighted by atomic mass is 35.5. The second kappa shape index (κ2) is 9.36. The summed E-state index contributed by atoms with van der Waals surface area (Å²) in [6, 6.07) is 11.1. The van der Waals surface area contributed by atoms with Crippen LogP contribution in [0.25, 0.3) is 0 Å². The zero-order chi connectivity index (χ0) is 19.4. The number of amides is 1. The minimum Gasteiger partial charge on any atom is -0.334 e. The van der Waals surface area contributed by atoms with Crippen molar-refractivity contribution >= 4 is 34.0 Å². The van der Waals surface area contributed by atoms with Crippen LogP contribution in [0.4, 0.5) is 10.1 Å². The van der Waals surface area contributed by atoms with Gasteiger partial charge < -0.3 is 10.2 Å². The number of anilines is 1. The summed E-state index contributed by atoms with van der Waals surface area (Å²) in [5, 5.41) is 3.09. The molecule has 0 bridgehead atoms. The zero-order valence-electron chi connectivity index (χ0n) is 15.4. The Morgan fingerprint density at radius 3 is 2.61 bits per heavy atom. The van der Waals surface area contributed by atoms with Crippen molar-refractivity contribution in [1.82, 2.24) is 10.2 Å². The highest BCUT2D eigenvalue weighted by molar-refractivity contribution is 7.92. The fourth-order valence-corrected chi connectivity index (χ4v) is 4.35. The summed E-state index contributed by atoms with van der Waals surface area (Å²) in [5.74, 6) is -0.626. The normalized spacial score (nSPS) is 16.5. The molecule has 2 N–H and O–H groups in total. The molecule has 1 fully saturated rings. The molecule has 0 saturated carbocycles. The Morgan fingerprint density at radius 1 is 1.21 bits per heavy atom. The second-order valence-electron chi connectivity index (χ2n) is 6.49. The van der Waals surface area contributed by atoms with Gasteiger partial charge in [0.05, 0.1) is 4.90 Å². The molecule has 0 radical (unpaired) electrons. The van der Waals surface area contributed by atoms with Gasteiger partial charge in [0, 0.05) is 30.4 Å². The summed E-state index contributed by atoms with van der Waals surface area (Å²) in [6.07, 6.45) is 1.86. The Bertz CT molecular complexity index is 922. The molecule has 1 aliphatic rings. The number of carbonyl (C=O) groups excluding carboxylic acids is 1. The molecular formula is C19H23ClFN3O3S. The van der Waals surface area contributed by atoms with Gasteiger partial charge in [0.2, 0.25) is 0 Å².